The van der Waals surface area contributed by atoms with Gasteiger partial charge in [0, 0.05) is 0 Å². The maximum atomic E-state index is 10.5. The monoisotopic (exact) mass is 319 g/mol. The molecule has 0 spiro atoms. The Morgan fingerprint density at radius 1 is 0.913 bits per heavy atom. The Labute approximate surface area is 144 Å². The van der Waals surface area contributed by atoms with Crippen molar-refractivity contribution in [1.82, 2.24) is 0 Å². The Kier molecular flexibility index (Phi) is 16.4. The summed E-state index contributed by atoms with van der Waals surface area (Å²) in [5.74, 6) is 0.583. The molecule has 23 heavy (non-hydrogen) atoms. The highest BCUT2D eigenvalue weighted by atomic mass is 16.1. The van der Waals surface area contributed by atoms with Gasteiger partial charge in [-0.3, -0.25) is 0 Å². The van der Waals surface area contributed by atoms with Crippen molar-refractivity contribution in [3.8, 4) is 0 Å². The van der Waals surface area contributed by atoms with E-state index in [4.69, 9.17) is 0 Å². The molecule has 2 atom stereocenters. The molecule has 0 aliphatic carbocycles. The number of allylic oxidation sites excluding steroid dienone is 1. The van der Waals surface area contributed by atoms with E-state index < -0.39 is 0 Å². The summed E-state index contributed by atoms with van der Waals surface area (Å²) in [6, 6.07) is 0.0496. The van der Waals surface area contributed by atoms with Crippen LogP contribution in [0.5, 0.6) is 0 Å². The van der Waals surface area contributed by atoms with Crippen LogP contribution < -0.4 is 0 Å². The molecule has 0 aromatic rings. The summed E-state index contributed by atoms with van der Waals surface area (Å²) in [4.78, 5) is 14.4. The van der Waals surface area contributed by atoms with Gasteiger partial charge in [-0.2, -0.15) is 0 Å². The zero-order valence-corrected chi connectivity index (χ0v) is 15.3. The number of rotatable bonds is 17. The summed E-state index contributed by atoms with van der Waals surface area (Å²) in [6.07, 6.45) is 21.7. The molecule has 0 aliphatic heterocycles. The molecular formula is C21H37NO. The van der Waals surface area contributed by atoms with Crippen LogP contribution in [0.25, 0.3) is 0 Å². The zero-order valence-electron chi connectivity index (χ0n) is 15.3. The van der Waals surface area contributed by atoms with E-state index in [1.165, 1.54) is 64.2 Å². The quantitative estimate of drug-likeness (QED) is 0.126. The molecule has 0 rings (SSSR count). The second kappa shape index (κ2) is 17.2. The molecule has 0 amide bonds. The molecule has 0 aliphatic rings. The number of isocyanates is 1. The lowest BCUT2D eigenvalue weighted by atomic mass is 9.90. The van der Waals surface area contributed by atoms with Crippen molar-refractivity contribution in [3.05, 3.63) is 25.3 Å². The van der Waals surface area contributed by atoms with Gasteiger partial charge in [-0.25, -0.2) is 9.79 Å². The van der Waals surface area contributed by atoms with E-state index >= 15 is 0 Å². The fraction of sp³-hybridized carbons (Fsp3) is 0.762. The van der Waals surface area contributed by atoms with Crippen LogP contribution in [-0.4, -0.2) is 12.1 Å². The summed E-state index contributed by atoms with van der Waals surface area (Å²) >= 11 is 0. The predicted octanol–water partition coefficient (Wildman–Crippen LogP) is 6.77. The lowest BCUT2D eigenvalue weighted by Gasteiger charge is -2.18. The van der Waals surface area contributed by atoms with Gasteiger partial charge in [-0.1, -0.05) is 83.3 Å². The van der Waals surface area contributed by atoms with Crippen molar-refractivity contribution < 1.29 is 4.79 Å². The van der Waals surface area contributed by atoms with Crippen LogP contribution in [0.3, 0.4) is 0 Å². The molecule has 0 N–H and O–H groups in total. The summed E-state index contributed by atoms with van der Waals surface area (Å²) < 4.78 is 0. The lowest BCUT2D eigenvalue weighted by Crippen LogP contribution is -2.11. The normalized spacial score (nSPS) is 13.1. The van der Waals surface area contributed by atoms with Gasteiger partial charge in [0.25, 0.3) is 0 Å². The minimum atomic E-state index is 0.0496. The topological polar surface area (TPSA) is 29.4 Å². The van der Waals surface area contributed by atoms with Gasteiger partial charge in [-0.15, -0.1) is 13.2 Å². The van der Waals surface area contributed by atoms with E-state index in [2.05, 4.69) is 25.1 Å². The van der Waals surface area contributed by atoms with Crippen LogP contribution in [0.2, 0.25) is 0 Å². The summed E-state index contributed by atoms with van der Waals surface area (Å²) in [7, 11) is 0. The Bertz CT molecular complexity index is 331. The third-order valence-corrected chi connectivity index (χ3v) is 4.50. The smallest absolute Gasteiger partial charge is 0.211 e. The van der Waals surface area contributed by atoms with Crippen molar-refractivity contribution in [2.24, 2.45) is 10.9 Å². The Morgan fingerprint density at radius 2 is 1.48 bits per heavy atom. The highest BCUT2D eigenvalue weighted by Crippen LogP contribution is 2.23. The van der Waals surface area contributed by atoms with Gasteiger partial charge in [0.2, 0.25) is 6.08 Å². The van der Waals surface area contributed by atoms with Crippen molar-refractivity contribution in [2.45, 2.75) is 96.4 Å². The van der Waals surface area contributed by atoms with Crippen LogP contribution >= 0.6 is 0 Å². The Hall–Kier alpha value is -1.14. The number of aliphatic imine (C=N–C) groups is 1. The van der Waals surface area contributed by atoms with Crippen LogP contribution in [0.4, 0.5) is 0 Å². The maximum Gasteiger partial charge on any atom is 0.235 e. The van der Waals surface area contributed by atoms with Crippen molar-refractivity contribution in [1.29, 1.82) is 0 Å². The fourth-order valence-electron chi connectivity index (χ4n) is 3.16. The van der Waals surface area contributed by atoms with Crippen LogP contribution in [0.1, 0.15) is 90.4 Å². The minimum Gasteiger partial charge on any atom is -0.211 e. The number of hydrogen-bond donors (Lipinski definition) is 0. The molecule has 0 aromatic carbocycles. The molecule has 0 heterocycles. The van der Waals surface area contributed by atoms with Crippen molar-refractivity contribution >= 4 is 6.08 Å². The van der Waals surface area contributed by atoms with E-state index in [1.807, 2.05) is 12.2 Å². The second-order valence-electron chi connectivity index (χ2n) is 6.64. The standard InChI is InChI=1S/C21H37NO/c1-4-7-8-9-10-11-12-13-14-17-20(15-5-2)18-21(16-6-3)22-19-23/h5-6,20-21H,2-4,7-18H2,1H3. The van der Waals surface area contributed by atoms with Gasteiger partial charge in [-0.05, 0) is 25.2 Å². The summed E-state index contributed by atoms with van der Waals surface area (Å²) in [5.41, 5.74) is 0. The average molecular weight is 320 g/mol. The first-order valence-corrected chi connectivity index (χ1v) is 9.57. The van der Waals surface area contributed by atoms with Gasteiger partial charge >= 0.3 is 0 Å². The summed E-state index contributed by atoms with van der Waals surface area (Å²) in [6.45, 7) is 9.88. The van der Waals surface area contributed by atoms with Gasteiger partial charge < -0.3 is 0 Å². The molecule has 0 aromatic heterocycles. The summed E-state index contributed by atoms with van der Waals surface area (Å²) in [5, 5.41) is 0. The first-order valence-electron chi connectivity index (χ1n) is 9.57. The van der Waals surface area contributed by atoms with Crippen molar-refractivity contribution in [3.63, 3.8) is 0 Å². The predicted molar refractivity (Wildman–Crippen MR) is 101 cm³/mol. The zero-order chi connectivity index (χ0) is 17.2. The molecule has 2 heteroatoms. The highest BCUT2D eigenvalue weighted by Gasteiger charge is 2.14. The molecule has 0 bridgehead atoms. The molecule has 0 saturated heterocycles. The first kappa shape index (κ1) is 21.9. The molecule has 2 unspecified atom stereocenters. The molecule has 132 valence electrons. The van der Waals surface area contributed by atoms with Gasteiger partial charge in [0.05, 0.1) is 6.04 Å². The Balaban J connectivity index is 3.84. The van der Waals surface area contributed by atoms with E-state index in [0.29, 0.717) is 5.92 Å². The second-order valence-corrected chi connectivity index (χ2v) is 6.64. The van der Waals surface area contributed by atoms with Gasteiger partial charge in [0.15, 0.2) is 0 Å². The number of unbranched alkanes of at least 4 members (excludes halogenated alkanes) is 8. The fourth-order valence-corrected chi connectivity index (χ4v) is 3.16. The van der Waals surface area contributed by atoms with Gasteiger partial charge in [0.1, 0.15) is 0 Å². The highest BCUT2D eigenvalue weighted by molar-refractivity contribution is 5.33. The SMILES string of the molecule is C=CCC(CCCCCCCCCCC)CC(CC=C)N=C=O. The third kappa shape index (κ3) is 14.2. The first-order chi connectivity index (χ1) is 11.3. The lowest BCUT2D eigenvalue weighted by molar-refractivity contribution is 0.391. The third-order valence-electron chi connectivity index (χ3n) is 4.50. The Morgan fingerprint density at radius 3 is 2.00 bits per heavy atom. The van der Waals surface area contributed by atoms with E-state index in [1.54, 1.807) is 6.08 Å². The maximum absolute atomic E-state index is 10.5. The number of nitrogens with zero attached hydrogens (tertiary/aromatic N) is 1. The van der Waals surface area contributed by atoms with Crippen LogP contribution in [-0.2, 0) is 4.79 Å². The molecule has 2 nitrogen and oxygen atoms in total. The van der Waals surface area contributed by atoms with E-state index in [-0.39, 0.29) is 6.04 Å². The number of hydrogen-bond acceptors (Lipinski definition) is 2. The largest absolute Gasteiger partial charge is 0.235 e. The van der Waals surface area contributed by atoms with Crippen LogP contribution in [0.15, 0.2) is 30.3 Å². The minimum absolute atomic E-state index is 0.0496. The van der Waals surface area contributed by atoms with E-state index in [9.17, 15) is 4.79 Å². The molecule has 0 radical (unpaired) electrons. The van der Waals surface area contributed by atoms with Crippen molar-refractivity contribution in [2.75, 3.05) is 0 Å². The average Bonchev–Trinajstić information content (AvgIpc) is 2.54. The molecule has 0 fully saturated rings. The molecule has 0 saturated carbocycles. The number of carbonyl (C=O) groups excluding carboxylic acids is 1. The van der Waals surface area contributed by atoms with Crippen LogP contribution in [0, 0.1) is 5.92 Å². The molecular weight excluding hydrogens is 282 g/mol. The van der Waals surface area contributed by atoms with E-state index in [0.717, 1.165) is 19.3 Å².